The molecule has 0 bridgehead atoms. The predicted molar refractivity (Wildman–Crippen MR) is 126 cm³/mol. The molecule has 0 radical (unpaired) electrons. The highest BCUT2D eigenvalue weighted by Crippen LogP contribution is 2.24. The van der Waals surface area contributed by atoms with Crippen molar-refractivity contribution in [1.82, 2.24) is 15.5 Å². The van der Waals surface area contributed by atoms with Gasteiger partial charge in [0, 0.05) is 32.6 Å². The third-order valence-electron chi connectivity index (χ3n) is 5.62. The molecule has 0 spiro atoms. The normalized spacial score (nSPS) is 20.1. The Morgan fingerprint density at radius 1 is 0.871 bits per heavy atom. The molecule has 0 saturated carbocycles. The molecule has 2 N–H and O–H groups in total. The van der Waals surface area contributed by atoms with Crippen molar-refractivity contribution < 1.29 is 9.59 Å². The topological polar surface area (TPSA) is 61.4 Å². The molecule has 3 rings (SSSR count). The van der Waals surface area contributed by atoms with E-state index in [-0.39, 0.29) is 17.7 Å². The second-order valence-corrected chi connectivity index (χ2v) is 8.04. The van der Waals surface area contributed by atoms with E-state index in [1.807, 2.05) is 36.4 Å². The molecule has 5 heteroatoms. The third-order valence-corrected chi connectivity index (χ3v) is 5.62. The van der Waals surface area contributed by atoms with Crippen LogP contribution in [-0.4, -0.2) is 49.4 Å². The summed E-state index contributed by atoms with van der Waals surface area (Å²) in [5.41, 5.74) is 2.37. The Bertz CT molecular complexity index is 836. The van der Waals surface area contributed by atoms with E-state index in [2.05, 4.69) is 52.0 Å². The summed E-state index contributed by atoms with van der Waals surface area (Å²) >= 11 is 0. The van der Waals surface area contributed by atoms with Gasteiger partial charge >= 0.3 is 0 Å². The number of carbonyl (C=O) groups excluding carboxylic acids is 2. The SMILES string of the molecule is O=C1CCC(c2ccccc2)CCNC(=O)CN(CC=Cc2ccccc2)CCCN1. The van der Waals surface area contributed by atoms with Crippen molar-refractivity contribution in [2.75, 3.05) is 32.7 Å². The average molecular weight is 420 g/mol. The van der Waals surface area contributed by atoms with Gasteiger partial charge in [0.25, 0.3) is 0 Å². The Balaban J connectivity index is 1.59. The summed E-state index contributed by atoms with van der Waals surface area (Å²) in [4.78, 5) is 27.0. The van der Waals surface area contributed by atoms with Crippen LogP contribution in [0.2, 0.25) is 0 Å². The van der Waals surface area contributed by atoms with Gasteiger partial charge < -0.3 is 10.6 Å². The molecule has 1 heterocycles. The van der Waals surface area contributed by atoms with E-state index in [0.29, 0.717) is 32.6 Å². The van der Waals surface area contributed by atoms with E-state index in [4.69, 9.17) is 0 Å². The molecule has 2 amide bonds. The molecule has 1 saturated heterocycles. The fraction of sp³-hybridized carbons (Fsp3) is 0.385. The van der Waals surface area contributed by atoms with Gasteiger partial charge in [0.1, 0.15) is 0 Å². The van der Waals surface area contributed by atoms with Gasteiger partial charge in [-0.25, -0.2) is 0 Å². The summed E-state index contributed by atoms with van der Waals surface area (Å²) in [5.74, 6) is 0.429. The highest BCUT2D eigenvalue weighted by atomic mass is 16.2. The number of hydrogen-bond acceptors (Lipinski definition) is 3. The molecule has 1 atom stereocenters. The van der Waals surface area contributed by atoms with Crippen LogP contribution in [0.15, 0.2) is 66.7 Å². The van der Waals surface area contributed by atoms with E-state index in [1.54, 1.807) is 0 Å². The van der Waals surface area contributed by atoms with E-state index in [9.17, 15) is 9.59 Å². The Labute approximate surface area is 185 Å². The highest BCUT2D eigenvalue weighted by molar-refractivity contribution is 5.78. The van der Waals surface area contributed by atoms with Gasteiger partial charge in [0.05, 0.1) is 6.54 Å². The van der Waals surface area contributed by atoms with Crippen LogP contribution in [0, 0.1) is 0 Å². The minimum Gasteiger partial charge on any atom is -0.356 e. The quantitative estimate of drug-likeness (QED) is 0.796. The molecular formula is C26H33N3O2. The molecule has 31 heavy (non-hydrogen) atoms. The number of rotatable bonds is 4. The Morgan fingerprint density at radius 3 is 2.35 bits per heavy atom. The van der Waals surface area contributed by atoms with E-state index < -0.39 is 0 Å². The van der Waals surface area contributed by atoms with Crippen LogP contribution in [0.5, 0.6) is 0 Å². The van der Waals surface area contributed by atoms with Crippen LogP contribution in [0.1, 0.15) is 42.7 Å². The fourth-order valence-corrected chi connectivity index (χ4v) is 3.91. The number of nitrogens with one attached hydrogen (secondary N) is 2. The van der Waals surface area contributed by atoms with Gasteiger partial charge in [-0.1, -0.05) is 72.8 Å². The van der Waals surface area contributed by atoms with Gasteiger partial charge in [0.15, 0.2) is 0 Å². The lowest BCUT2D eigenvalue weighted by molar-refractivity contribution is -0.123. The van der Waals surface area contributed by atoms with Gasteiger partial charge in [-0.3, -0.25) is 14.5 Å². The molecule has 1 fully saturated rings. The standard InChI is InChI=1S/C26H33N3O2/c30-25-15-14-24(23-12-5-2-6-13-23)16-18-28-26(31)21-29(20-8-17-27-25)19-7-11-22-9-3-1-4-10-22/h1-7,9-13,24H,8,14-21H2,(H,27,30)(H,28,31). The molecule has 2 aromatic carbocycles. The van der Waals surface area contributed by atoms with Crippen molar-refractivity contribution in [3.05, 3.63) is 77.9 Å². The van der Waals surface area contributed by atoms with E-state index in [1.165, 1.54) is 5.56 Å². The van der Waals surface area contributed by atoms with Gasteiger partial charge in [-0.15, -0.1) is 0 Å². The Hall–Kier alpha value is -2.92. The fourth-order valence-electron chi connectivity index (χ4n) is 3.91. The first kappa shape index (κ1) is 22.8. The first-order valence-electron chi connectivity index (χ1n) is 11.2. The van der Waals surface area contributed by atoms with E-state index >= 15 is 0 Å². The molecule has 1 aliphatic rings. The lowest BCUT2D eigenvalue weighted by Crippen LogP contribution is -2.39. The lowest BCUT2D eigenvalue weighted by Gasteiger charge is -2.22. The maximum absolute atomic E-state index is 12.5. The smallest absolute Gasteiger partial charge is 0.234 e. The van der Waals surface area contributed by atoms with Crippen molar-refractivity contribution in [2.45, 2.75) is 31.6 Å². The molecule has 0 aliphatic carbocycles. The van der Waals surface area contributed by atoms with Crippen LogP contribution >= 0.6 is 0 Å². The molecule has 5 nitrogen and oxygen atoms in total. The Morgan fingerprint density at radius 2 is 1.58 bits per heavy atom. The highest BCUT2D eigenvalue weighted by Gasteiger charge is 2.16. The average Bonchev–Trinajstić information content (AvgIpc) is 2.79. The zero-order chi connectivity index (χ0) is 21.7. The molecular weight excluding hydrogens is 386 g/mol. The van der Waals surface area contributed by atoms with Crippen LogP contribution in [0.4, 0.5) is 0 Å². The lowest BCUT2D eigenvalue weighted by atomic mass is 9.91. The first-order valence-corrected chi connectivity index (χ1v) is 11.2. The van der Waals surface area contributed by atoms with E-state index in [0.717, 1.165) is 31.4 Å². The second kappa shape index (κ2) is 12.7. The predicted octanol–water partition coefficient (Wildman–Crippen LogP) is 3.59. The number of nitrogens with zero attached hydrogens (tertiary/aromatic N) is 1. The number of benzene rings is 2. The minimum atomic E-state index is 0.0565. The molecule has 164 valence electrons. The largest absolute Gasteiger partial charge is 0.356 e. The Kier molecular flexibility index (Phi) is 9.32. The van der Waals surface area contributed by atoms with Crippen LogP contribution in [-0.2, 0) is 9.59 Å². The van der Waals surface area contributed by atoms with Crippen LogP contribution in [0.3, 0.4) is 0 Å². The maximum Gasteiger partial charge on any atom is 0.234 e. The van der Waals surface area contributed by atoms with Gasteiger partial charge in [-0.05, 0) is 36.3 Å². The molecule has 0 aromatic heterocycles. The van der Waals surface area contributed by atoms with Crippen LogP contribution in [0.25, 0.3) is 6.08 Å². The molecule has 1 aliphatic heterocycles. The summed E-state index contributed by atoms with van der Waals surface area (Å²) < 4.78 is 0. The van der Waals surface area contributed by atoms with Gasteiger partial charge in [0.2, 0.25) is 11.8 Å². The number of amides is 2. The number of hydrogen-bond donors (Lipinski definition) is 2. The van der Waals surface area contributed by atoms with Crippen LogP contribution < -0.4 is 10.6 Å². The summed E-state index contributed by atoms with van der Waals surface area (Å²) in [6.07, 6.45) is 7.13. The number of carbonyl (C=O) groups is 2. The van der Waals surface area contributed by atoms with Crippen molar-refractivity contribution in [3.8, 4) is 0 Å². The summed E-state index contributed by atoms with van der Waals surface area (Å²) in [6, 6.07) is 20.4. The van der Waals surface area contributed by atoms with Crippen molar-refractivity contribution in [1.29, 1.82) is 0 Å². The minimum absolute atomic E-state index is 0.0565. The second-order valence-electron chi connectivity index (χ2n) is 8.04. The summed E-state index contributed by atoms with van der Waals surface area (Å²) in [5, 5.41) is 6.12. The monoisotopic (exact) mass is 419 g/mol. The zero-order valence-corrected chi connectivity index (χ0v) is 18.1. The van der Waals surface area contributed by atoms with Crippen molar-refractivity contribution >= 4 is 17.9 Å². The van der Waals surface area contributed by atoms with Crippen molar-refractivity contribution in [3.63, 3.8) is 0 Å². The summed E-state index contributed by atoms with van der Waals surface area (Å²) in [7, 11) is 0. The van der Waals surface area contributed by atoms with Crippen molar-refractivity contribution in [2.24, 2.45) is 0 Å². The van der Waals surface area contributed by atoms with Gasteiger partial charge in [-0.2, -0.15) is 0 Å². The molecule has 2 aromatic rings. The zero-order valence-electron chi connectivity index (χ0n) is 18.1. The molecule has 1 unspecified atom stereocenters. The maximum atomic E-state index is 12.5. The first-order chi connectivity index (χ1) is 15.2. The third kappa shape index (κ3) is 8.38. The summed E-state index contributed by atoms with van der Waals surface area (Å²) in [6.45, 7) is 3.08.